The van der Waals surface area contributed by atoms with Crippen molar-refractivity contribution in [2.45, 2.75) is 90.5 Å². The summed E-state index contributed by atoms with van der Waals surface area (Å²) in [6, 6.07) is 0. The summed E-state index contributed by atoms with van der Waals surface area (Å²) in [6.45, 7) is 24.0. The van der Waals surface area contributed by atoms with Crippen LogP contribution in [0.1, 0.15) is 91.9 Å². The molecule has 0 heterocycles. The van der Waals surface area contributed by atoms with Crippen LogP contribution in [0.2, 0.25) is 0 Å². The molecule has 0 atom stereocenters. The number of hydrogen-bond donors (Lipinski definition) is 0. The Bertz CT molecular complexity index is 26.9. The Kier molecular flexibility index (Phi) is 34500. The van der Waals surface area contributed by atoms with E-state index < -0.39 is 0 Å². The van der Waals surface area contributed by atoms with E-state index in [1.54, 1.807) is 0 Å². The number of rotatable bonds is 0. The van der Waals surface area contributed by atoms with Crippen LogP contribution in [0.5, 0.6) is 0 Å². The molecule has 0 nitrogen and oxygen atoms in total. The third-order valence-corrected chi connectivity index (χ3v) is 0. The van der Waals surface area contributed by atoms with Gasteiger partial charge in [-0.15, -0.1) is 12.8 Å². The fraction of sp³-hybridized carbons (Fsp3) is 0.867. The summed E-state index contributed by atoms with van der Waals surface area (Å²) in [5, 5.41) is 0. The Hall–Kier alpha value is -0.440. The quantitative estimate of drug-likeness (QED) is 0.387. The van der Waals surface area contributed by atoms with Crippen LogP contribution in [0.15, 0.2) is 0 Å². The lowest BCUT2D eigenvalue weighted by Crippen LogP contribution is -0.856. The molecule has 0 bridgehead atoms. The first-order valence-electron chi connectivity index (χ1n) is 6.79. The van der Waals surface area contributed by atoms with Crippen LogP contribution < -0.4 is 0 Å². The van der Waals surface area contributed by atoms with E-state index in [0.717, 1.165) is 0 Å². The van der Waals surface area contributed by atoms with Crippen LogP contribution in [0.25, 0.3) is 0 Å². The third kappa shape index (κ3) is 9360. The zero-order chi connectivity index (χ0) is 14.7. The van der Waals surface area contributed by atoms with Crippen LogP contribution in [0.4, 0.5) is 0 Å². The van der Waals surface area contributed by atoms with E-state index in [1.807, 2.05) is 83.1 Å². The van der Waals surface area contributed by atoms with Gasteiger partial charge in [0.25, 0.3) is 0 Å². The summed E-state index contributed by atoms with van der Waals surface area (Å²) >= 11 is 0. The van der Waals surface area contributed by atoms with Gasteiger partial charge in [-0.1, -0.05) is 90.5 Å². The monoisotopic (exact) mass is 224 g/mol. The molecule has 0 aromatic rings. The molecule has 15 heavy (non-hydrogen) atoms. The van der Waals surface area contributed by atoms with Crippen molar-refractivity contribution < 1.29 is 1.37 Å². The molecule has 0 aromatic heterocycles. The second-order valence-corrected chi connectivity index (χ2v) is 0. The van der Waals surface area contributed by atoms with Crippen molar-refractivity contribution in [2.24, 2.45) is 0 Å². The standard InChI is InChI=1S/6C2H6.C2H2.CH4/c7*1-2;/h6*1-2H3;1-2H;1H4/i;;;;;;1T;. The summed E-state index contributed by atoms with van der Waals surface area (Å²) in [6.07, 6.45) is 5.76. The maximum atomic E-state index is 5.74. The lowest BCUT2D eigenvalue weighted by molar-refractivity contribution is 1.50. The highest BCUT2D eigenvalue weighted by Crippen LogP contribution is 1.15. The van der Waals surface area contributed by atoms with E-state index in [9.17, 15) is 0 Å². The lowest BCUT2D eigenvalue weighted by Gasteiger charge is -1.07. The van der Waals surface area contributed by atoms with E-state index in [4.69, 9.17) is 1.37 Å². The largest absolute Gasteiger partial charge is 0.124 e. The van der Waals surface area contributed by atoms with Crippen molar-refractivity contribution >= 4 is 0 Å². The van der Waals surface area contributed by atoms with Gasteiger partial charge in [0.2, 0.25) is 0 Å². The van der Waals surface area contributed by atoms with E-state index >= 15 is 0 Å². The van der Waals surface area contributed by atoms with Crippen LogP contribution >= 0.6 is 0 Å². The molecule has 0 aliphatic carbocycles. The smallest absolute Gasteiger partial charge is 0.124 e. The molecule has 0 spiro atoms. The van der Waals surface area contributed by atoms with Crippen molar-refractivity contribution in [3.63, 3.8) is 0 Å². The van der Waals surface area contributed by atoms with Crippen LogP contribution in [-0.2, 0) is 0 Å². The van der Waals surface area contributed by atoms with Gasteiger partial charge in [-0.05, 0) is 0 Å². The van der Waals surface area contributed by atoms with Crippen molar-refractivity contribution in [3.8, 4) is 12.8 Å². The molecule has 0 N–H and O–H groups in total. The number of hydrogen-bond acceptors (Lipinski definition) is 0. The molecule has 0 aliphatic heterocycles. The maximum Gasteiger partial charge on any atom is 0.124 e. The Morgan fingerprint density at radius 3 is 0.533 bits per heavy atom. The zero-order valence-corrected chi connectivity index (χ0v) is 13.1. The molecule has 102 valence electrons. The van der Waals surface area contributed by atoms with Crippen molar-refractivity contribution in [2.75, 3.05) is 0 Å². The molecule has 0 saturated carbocycles. The molecular weight excluding hydrogens is 180 g/mol. The van der Waals surface area contributed by atoms with Gasteiger partial charge in [-0.2, -0.15) is 0 Å². The summed E-state index contributed by atoms with van der Waals surface area (Å²) < 4.78 is 5.74. The molecule has 0 radical (unpaired) electrons. The second kappa shape index (κ2) is 11000. The summed E-state index contributed by atoms with van der Waals surface area (Å²) in [5.41, 5.74) is 0. The average molecular weight is 225 g/mol. The molecule has 0 heteroatoms. The van der Waals surface area contributed by atoms with Gasteiger partial charge >= 0.3 is 0 Å². The maximum absolute atomic E-state index is 5.74. The summed E-state index contributed by atoms with van der Waals surface area (Å²) in [4.78, 5) is 0. The van der Waals surface area contributed by atoms with E-state index in [1.165, 1.54) is 6.40 Å². The Labute approximate surface area is 105 Å². The fourth-order valence-corrected chi connectivity index (χ4v) is 0. The van der Waals surface area contributed by atoms with Crippen LogP contribution in [0, 0.1) is 12.8 Å². The first kappa shape index (κ1) is 46.8. The Balaban J connectivity index is -0.00000000777. The van der Waals surface area contributed by atoms with Gasteiger partial charge in [-0.25, -0.2) is 0 Å². The van der Waals surface area contributed by atoms with Crippen LogP contribution in [-0.4, -0.2) is 0 Å². The van der Waals surface area contributed by atoms with Crippen molar-refractivity contribution in [1.29, 1.82) is 0 Å². The first-order valence-corrected chi connectivity index (χ1v) is 6.29. The van der Waals surface area contributed by atoms with Gasteiger partial charge in [0.1, 0.15) is 1.37 Å². The predicted molar refractivity (Wildman–Crippen MR) is 84.7 cm³/mol. The van der Waals surface area contributed by atoms with Gasteiger partial charge in [0.05, 0.1) is 0 Å². The van der Waals surface area contributed by atoms with Gasteiger partial charge in [0.15, 0.2) is 0 Å². The third-order valence-electron chi connectivity index (χ3n) is 0. The second-order valence-electron chi connectivity index (χ2n) is 0. The summed E-state index contributed by atoms with van der Waals surface area (Å²) in [5.74, 6) is 0. The van der Waals surface area contributed by atoms with Gasteiger partial charge in [0, 0.05) is 0 Å². The normalized spacial score (nSPS) is 3.00. The fourth-order valence-electron chi connectivity index (χ4n) is 0. The SMILES string of the molecule is C.CC.CC.CC.CC.CC.CC.[3H]C#C. The number of terminal acetylenes is 1. The molecule has 0 fully saturated rings. The van der Waals surface area contributed by atoms with Crippen molar-refractivity contribution in [1.82, 2.24) is 0 Å². The van der Waals surface area contributed by atoms with E-state index in [2.05, 4.69) is 6.42 Å². The zero-order valence-electron chi connectivity index (χ0n) is 14.1. The molecule has 0 aliphatic rings. The minimum Gasteiger partial charge on any atom is -0.124 e. The highest BCUT2D eigenvalue weighted by Gasteiger charge is 0.942. The average Bonchev–Trinajstić information content (AvgIpc) is 2.44. The molecule has 0 amide bonds. The van der Waals surface area contributed by atoms with E-state index in [-0.39, 0.29) is 7.43 Å². The Morgan fingerprint density at radius 2 is 0.533 bits per heavy atom. The minimum absolute atomic E-state index is 0. The molecule has 0 aromatic carbocycles. The van der Waals surface area contributed by atoms with Gasteiger partial charge in [-0.3, -0.25) is 0 Å². The Morgan fingerprint density at radius 1 is 0.533 bits per heavy atom. The predicted octanol–water partition coefficient (Wildman–Crippen LogP) is 7.04. The topological polar surface area (TPSA) is 0 Å². The highest BCUT2D eigenvalue weighted by molar-refractivity contribution is 4.47. The van der Waals surface area contributed by atoms with E-state index in [0.29, 0.717) is 0 Å². The van der Waals surface area contributed by atoms with Gasteiger partial charge < -0.3 is 0 Å². The first-order chi connectivity index (χ1) is 7.41. The molecular formula is C15H42. The minimum atomic E-state index is 0. The summed E-state index contributed by atoms with van der Waals surface area (Å²) in [7, 11) is 0. The molecule has 0 saturated heterocycles. The van der Waals surface area contributed by atoms with Crippen molar-refractivity contribution in [3.05, 3.63) is 0 Å². The molecule has 0 rings (SSSR count). The highest BCUT2D eigenvalue weighted by atomic mass is 13.0. The molecule has 0 unspecified atom stereocenters. The lowest BCUT2D eigenvalue weighted by atomic mass is 11.0. The van der Waals surface area contributed by atoms with Crippen LogP contribution in [0.3, 0.4) is 0 Å².